The van der Waals surface area contributed by atoms with Crippen LogP contribution in [0.4, 0.5) is 17.1 Å². The molecule has 0 amide bonds. The molecule has 104 valence electrons. The minimum atomic E-state index is -0.462. The summed E-state index contributed by atoms with van der Waals surface area (Å²) >= 11 is 0. The molecule has 0 radical (unpaired) electrons. The van der Waals surface area contributed by atoms with Gasteiger partial charge >= 0.3 is 5.69 Å². The second kappa shape index (κ2) is 5.88. The molecule has 0 bridgehead atoms. The minimum Gasteiger partial charge on any atom is -0.396 e. The number of nitrogens with zero attached hydrogens (tertiary/aromatic N) is 1. The molecule has 0 spiro atoms. The fourth-order valence-electron chi connectivity index (χ4n) is 2.77. The number of hydrogen-bond acceptors (Lipinski definition) is 5. The number of nitrogens with two attached hydrogens (primary N) is 1. The lowest BCUT2D eigenvalue weighted by atomic mass is 9.97. The van der Waals surface area contributed by atoms with E-state index in [9.17, 15) is 15.2 Å². The van der Waals surface area contributed by atoms with Crippen molar-refractivity contribution in [2.24, 2.45) is 11.8 Å². The number of nitro benzene ring substituents is 1. The van der Waals surface area contributed by atoms with Crippen LogP contribution in [-0.4, -0.2) is 23.2 Å². The quantitative estimate of drug-likeness (QED) is 0.429. The first-order valence-corrected chi connectivity index (χ1v) is 6.51. The van der Waals surface area contributed by atoms with Crippen molar-refractivity contribution in [1.82, 2.24) is 0 Å². The van der Waals surface area contributed by atoms with Gasteiger partial charge in [0.25, 0.3) is 0 Å². The van der Waals surface area contributed by atoms with E-state index in [4.69, 9.17) is 5.73 Å². The topological polar surface area (TPSA) is 101 Å². The summed E-state index contributed by atoms with van der Waals surface area (Å²) in [5.41, 5.74) is 6.19. The molecule has 6 nitrogen and oxygen atoms in total. The van der Waals surface area contributed by atoms with Gasteiger partial charge in [0.15, 0.2) is 0 Å². The Bertz CT molecular complexity index is 464. The van der Waals surface area contributed by atoms with Crippen LogP contribution in [0.3, 0.4) is 0 Å². The van der Waals surface area contributed by atoms with Crippen molar-refractivity contribution in [3.63, 3.8) is 0 Å². The van der Waals surface area contributed by atoms with Gasteiger partial charge in [0.05, 0.1) is 4.92 Å². The first-order chi connectivity index (χ1) is 9.13. The van der Waals surface area contributed by atoms with E-state index in [1.807, 2.05) is 0 Å². The van der Waals surface area contributed by atoms with Crippen LogP contribution in [-0.2, 0) is 0 Å². The highest BCUT2D eigenvalue weighted by molar-refractivity contribution is 5.74. The Labute approximate surface area is 111 Å². The summed E-state index contributed by atoms with van der Waals surface area (Å²) in [4.78, 5) is 10.5. The Morgan fingerprint density at radius 3 is 2.84 bits per heavy atom. The maximum absolute atomic E-state index is 11.0. The van der Waals surface area contributed by atoms with Crippen molar-refractivity contribution < 1.29 is 10.0 Å². The summed E-state index contributed by atoms with van der Waals surface area (Å²) in [6.45, 7) is 0.820. The third kappa shape index (κ3) is 2.96. The summed E-state index contributed by atoms with van der Waals surface area (Å²) in [7, 11) is 0. The average molecular weight is 265 g/mol. The molecule has 1 aromatic rings. The van der Waals surface area contributed by atoms with Crippen LogP contribution in [0.15, 0.2) is 18.2 Å². The summed E-state index contributed by atoms with van der Waals surface area (Å²) in [6.07, 6.45) is 3.19. The molecule has 4 N–H and O–H groups in total. The molecule has 0 saturated heterocycles. The zero-order valence-corrected chi connectivity index (χ0v) is 10.7. The molecular weight excluding hydrogens is 246 g/mol. The van der Waals surface area contributed by atoms with Crippen LogP contribution >= 0.6 is 0 Å². The van der Waals surface area contributed by atoms with Gasteiger partial charge in [-0.3, -0.25) is 10.1 Å². The van der Waals surface area contributed by atoms with Gasteiger partial charge in [0.2, 0.25) is 0 Å². The standard InChI is InChI=1S/C13H19N3O3/c14-11-5-2-6-12(13(11)16(18)19)15-7-9-3-1-4-10(9)8-17/h2,5-6,9-10,15,17H,1,3-4,7-8,14H2. The molecule has 2 rings (SSSR count). The molecule has 0 heterocycles. The van der Waals surface area contributed by atoms with Crippen LogP contribution in [0.5, 0.6) is 0 Å². The van der Waals surface area contributed by atoms with Crippen molar-refractivity contribution >= 4 is 17.1 Å². The van der Waals surface area contributed by atoms with Crippen LogP contribution < -0.4 is 11.1 Å². The predicted molar refractivity (Wildman–Crippen MR) is 73.9 cm³/mol. The molecule has 2 atom stereocenters. The number of nitrogen functional groups attached to an aromatic ring is 1. The molecule has 6 heteroatoms. The molecule has 1 aromatic carbocycles. The van der Waals surface area contributed by atoms with E-state index in [1.165, 1.54) is 6.07 Å². The van der Waals surface area contributed by atoms with E-state index < -0.39 is 4.92 Å². The van der Waals surface area contributed by atoms with Gasteiger partial charge in [-0.1, -0.05) is 12.5 Å². The largest absolute Gasteiger partial charge is 0.396 e. The third-order valence-electron chi connectivity index (χ3n) is 3.86. The molecular formula is C13H19N3O3. The highest BCUT2D eigenvalue weighted by Crippen LogP contribution is 2.34. The fourth-order valence-corrected chi connectivity index (χ4v) is 2.77. The van der Waals surface area contributed by atoms with E-state index in [-0.39, 0.29) is 18.0 Å². The fraction of sp³-hybridized carbons (Fsp3) is 0.538. The summed E-state index contributed by atoms with van der Waals surface area (Å²) < 4.78 is 0. The molecule has 0 aliphatic heterocycles. The van der Waals surface area contributed by atoms with E-state index in [2.05, 4.69) is 5.32 Å². The lowest BCUT2D eigenvalue weighted by molar-refractivity contribution is -0.383. The van der Waals surface area contributed by atoms with Crippen LogP contribution in [0.25, 0.3) is 0 Å². The van der Waals surface area contributed by atoms with Crippen LogP contribution in [0.2, 0.25) is 0 Å². The number of aliphatic hydroxyl groups excluding tert-OH is 1. The lowest BCUT2D eigenvalue weighted by Gasteiger charge is -2.18. The van der Waals surface area contributed by atoms with Crippen molar-refractivity contribution in [2.75, 3.05) is 24.2 Å². The number of para-hydroxylation sites is 1. The van der Waals surface area contributed by atoms with Gasteiger partial charge in [0.1, 0.15) is 11.4 Å². The number of nitro groups is 1. The van der Waals surface area contributed by atoms with E-state index >= 15 is 0 Å². The number of anilines is 2. The third-order valence-corrected chi connectivity index (χ3v) is 3.86. The highest BCUT2D eigenvalue weighted by Gasteiger charge is 2.27. The molecule has 2 unspecified atom stereocenters. The van der Waals surface area contributed by atoms with E-state index in [1.54, 1.807) is 12.1 Å². The SMILES string of the molecule is Nc1cccc(NCC2CCCC2CO)c1[N+](=O)[O-]. The second-order valence-corrected chi connectivity index (χ2v) is 5.02. The first-order valence-electron chi connectivity index (χ1n) is 6.51. The number of nitrogens with one attached hydrogen (secondary N) is 1. The zero-order chi connectivity index (χ0) is 13.8. The number of hydrogen-bond donors (Lipinski definition) is 3. The van der Waals surface area contributed by atoms with Gasteiger partial charge in [-0.25, -0.2) is 0 Å². The molecule has 1 saturated carbocycles. The summed E-state index contributed by atoms with van der Waals surface area (Å²) in [6, 6.07) is 4.88. The van der Waals surface area contributed by atoms with E-state index in [0.29, 0.717) is 24.1 Å². The number of aliphatic hydroxyl groups is 1. The van der Waals surface area contributed by atoms with Crippen molar-refractivity contribution in [3.8, 4) is 0 Å². The zero-order valence-electron chi connectivity index (χ0n) is 10.7. The number of benzene rings is 1. The molecule has 19 heavy (non-hydrogen) atoms. The summed E-state index contributed by atoms with van der Waals surface area (Å²) in [5, 5.41) is 23.4. The van der Waals surface area contributed by atoms with Gasteiger partial charge in [-0.05, 0) is 36.8 Å². The molecule has 1 fully saturated rings. The Morgan fingerprint density at radius 1 is 1.42 bits per heavy atom. The Kier molecular flexibility index (Phi) is 4.21. The molecule has 0 aromatic heterocycles. The molecule has 1 aliphatic rings. The Morgan fingerprint density at radius 2 is 2.16 bits per heavy atom. The summed E-state index contributed by atoms with van der Waals surface area (Å²) in [5.74, 6) is 0.665. The van der Waals surface area contributed by atoms with Gasteiger partial charge in [-0.2, -0.15) is 0 Å². The van der Waals surface area contributed by atoms with Crippen LogP contribution in [0.1, 0.15) is 19.3 Å². The monoisotopic (exact) mass is 265 g/mol. The average Bonchev–Trinajstić information content (AvgIpc) is 2.83. The van der Waals surface area contributed by atoms with Gasteiger partial charge in [-0.15, -0.1) is 0 Å². The normalized spacial score (nSPS) is 22.4. The van der Waals surface area contributed by atoms with Gasteiger partial charge in [0, 0.05) is 13.2 Å². The number of rotatable bonds is 5. The van der Waals surface area contributed by atoms with Gasteiger partial charge < -0.3 is 16.2 Å². The van der Waals surface area contributed by atoms with E-state index in [0.717, 1.165) is 19.3 Å². The Hall–Kier alpha value is -1.82. The van der Waals surface area contributed by atoms with Crippen LogP contribution in [0, 0.1) is 22.0 Å². The highest BCUT2D eigenvalue weighted by atomic mass is 16.6. The first kappa shape index (κ1) is 13.6. The maximum atomic E-state index is 11.0. The second-order valence-electron chi connectivity index (χ2n) is 5.02. The predicted octanol–water partition coefficient (Wildman–Crippen LogP) is 2.00. The minimum absolute atomic E-state index is 0.0685. The van der Waals surface area contributed by atoms with Crippen molar-refractivity contribution in [2.45, 2.75) is 19.3 Å². The molecule has 1 aliphatic carbocycles. The van der Waals surface area contributed by atoms with Crippen molar-refractivity contribution in [3.05, 3.63) is 28.3 Å². The maximum Gasteiger partial charge on any atom is 0.314 e. The lowest BCUT2D eigenvalue weighted by Crippen LogP contribution is -2.21. The van der Waals surface area contributed by atoms with Crippen molar-refractivity contribution in [1.29, 1.82) is 0 Å². The Balaban J connectivity index is 2.07. The smallest absolute Gasteiger partial charge is 0.314 e.